The van der Waals surface area contributed by atoms with Gasteiger partial charge in [-0.25, -0.2) is 9.78 Å². The molecule has 3 unspecified atom stereocenters. The molecule has 0 spiro atoms. The van der Waals surface area contributed by atoms with Crippen molar-refractivity contribution in [3.63, 3.8) is 0 Å². The highest BCUT2D eigenvalue weighted by Crippen LogP contribution is 2.47. The number of hydrogen-bond donors (Lipinski definition) is 4. The number of anilines is 1. The lowest BCUT2D eigenvalue weighted by Gasteiger charge is -2.27. The predicted molar refractivity (Wildman–Crippen MR) is 199 cm³/mol. The first-order chi connectivity index (χ1) is 25.1. The third-order valence-electron chi connectivity index (χ3n) is 9.53. The largest absolute Gasteiger partial charge is 0.508 e. The van der Waals surface area contributed by atoms with Crippen molar-refractivity contribution in [3.05, 3.63) is 89.0 Å². The lowest BCUT2D eigenvalue weighted by atomic mass is 9.92. The van der Waals surface area contributed by atoms with Gasteiger partial charge in [0.1, 0.15) is 23.0 Å². The number of aliphatic hydroxyl groups excluding tert-OH is 1. The molecule has 0 bridgehead atoms. The Hall–Kier alpha value is -4.95. The Morgan fingerprint density at radius 1 is 1.12 bits per heavy atom. The number of alkyl halides is 1. The van der Waals surface area contributed by atoms with Gasteiger partial charge >= 0.3 is 6.09 Å². The Kier molecular flexibility index (Phi) is 11.4. The fourth-order valence-electron chi connectivity index (χ4n) is 6.77. The average molecular weight is 731 g/mol. The number of carbonyl (C=O) groups is 3. The third-order valence-corrected chi connectivity index (χ3v) is 9.90. The Morgan fingerprint density at radius 3 is 2.63 bits per heavy atom. The van der Waals surface area contributed by atoms with Gasteiger partial charge in [-0.15, -0.1) is 11.6 Å². The number of likely N-dealkylation sites (N-methyl/N-ethyl adjacent to an activating group) is 1. The number of imidazole rings is 1. The van der Waals surface area contributed by atoms with Crippen molar-refractivity contribution < 1.29 is 34.1 Å². The summed E-state index contributed by atoms with van der Waals surface area (Å²) in [5.41, 5.74) is 3.11. The first-order valence-corrected chi connectivity index (χ1v) is 17.8. The van der Waals surface area contributed by atoms with Gasteiger partial charge in [-0.05, 0) is 67.7 Å². The first kappa shape index (κ1) is 36.8. The van der Waals surface area contributed by atoms with Crippen LogP contribution in [0.5, 0.6) is 11.5 Å². The Bertz CT molecular complexity index is 1980. The maximum Gasteiger partial charge on any atom is 0.415 e. The van der Waals surface area contributed by atoms with E-state index in [0.717, 1.165) is 21.9 Å². The number of hydrogen-bond acceptors (Lipinski definition) is 9. The van der Waals surface area contributed by atoms with Crippen LogP contribution in [0, 0.1) is 6.92 Å². The van der Waals surface area contributed by atoms with Crippen molar-refractivity contribution in [1.82, 2.24) is 25.1 Å². The molecule has 3 atom stereocenters. The minimum atomic E-state index is -0.565. The van der Waals surface area contributed by atoms with Gasteiger partial charge in [0.25, 0.3) is 11.8 Å². The number of benzene rings is 3. The van der Waals surface area contributed by atoms with Crippen molar-refractivity contribution in [2.24, 2.45) is 0 Å². The predicted octanol–water partition coefficient (Wildman–Crippen LogP) is 4.45. The van der Waals surface area contributed by atoms with E-state index in [4.69, 9.17) is 26.2 Å². The number of aromatic nitrogens is 2. The quantitative estimate of drug-likeness (QED) is 0.115. The summed E-state index contributed by atoms with van der Waals surface area (Å²) in [5.74, 6) is 0.434. The average Bonchev–Trinajstić information content (AvgIpc) is 3.75. The zero-order valence-corrected chi connectivity index (χ0v) is 30.1. The van der Waals surface area contributed by atoms with Gasteiger partial charge in [0.2, 0.25) is 0 Å². The van der Waals surface area contributed by atoms with Crippen molar-refractivity contribution in [1.29, 1.82) is 0 Å². The minimum Gasteiger partial charge on any atom is -0.508 e. The highest BCUT2D eigenvalue weighted by Gasteiger charge is 2.37. The zero-order valence-electron chi connectivity index (χ0n) is 29.3. The number of aromatic hydroxyl groups is 1. The Labute approximate surface area is 306 Å². The molecule has 3 aromatic carbocycles. The van der Waals surface area contributed by atoms with Gasteiger partial charge in [0.15, 0.2) is 0 Å². The molecular formula is C38H43ClN6O7. The summed E-state index contributed by atoms with van der Waals surface area (Å²) in [6.45, 7) is 5.69. The second-order valence-corrected chi connectivity index (χ2v) is 13.2. The summed E-state index contributed by atoms with van der Waals surface area (Å²) in [7, 11) is 1.80. The van der Waals surface area contributed by atoms with E-state index >= 15 is 0 Å². The molecule has 6 rings (SSSR count). The van der Waals surface area contributed by atoms with Crippen LogP contribution in [0.1, 0.15) is 56.7 Å². The first-order valence-electron chi connectivity index (χ1n) is 17.3. The molecule has 2 aliphatic rings. The number of nitrogens with one attached hydrogen (secondary N) is 2. The van der Waals surface area contributed by atoms with Crippen LogP contribution < -0.4 is 20.3 Å². The van der Waals surface area contributed by atoms with E-state index in [1.807, 2.05) is 42.7 Å². The molecule has 3 heterocycles. The molecule has 2 aliphatic heterocycles. The highest BCUT2D eigenvalue weighted by atomic mass is 35.5. The maximum absolute atomic E-state index is 14.4. The van der Waals surface area contributed by atoms with Gasteiger partial charge in [-0.1, -0.05) is 24.3 Å². The third kappa shape index (κ3) is 7.49. The van der Waals surface area contributed by atoms with E-state index in [0.29, 0.717) is 42.5 Å². The van der Waals surface area contributed by atoms with Crippen molar-refractivity contribution in [2.75, 3.05) is 63.8 Å². The van der Waals surface area contributed by atoms with Crippen molar-refractivity contribution in [2.45, 2.75) is 31.8 Å². The van der Waals surface area contributed by atoms with E-state index in [9.17, 15) is 19.5 Å². The van der Waals surface area contributed by atoms with Crippen LogP contribution in [-0.4, -0.2) is 108 Å². The molecule has 14 heteroatoms. The summed E-state index contributed by atoms with van der Waals surface area (Å²) >= 11 is 6.56. The van der Waals surface area contributed by atoms with Crippen molar-refractivity contribution >= 4 is 52.0 Å². The van der Waals surface area contributed by atoms with Gasteiger partial charge in [-0.2, -0.15) is 0 Å². The standard InChI is InChI=1S/C38H43ClN6O7/c1-23-5-4-6-28-32(52-38(50)43(14-13-40-3)15-17-51-18-16-46)19-31-35(34(23)28)26(20-39)21-45(31)37(49)30-22-44-24(2)29(11-12-33(44)41-30)42-36(48)25-7-9-27(47)10-8-25/h4-12,19,22,24,26,29,40,46-47H,13-18,20-21H2,1-3H3,(H,42,48). The van der Waals surface area contributed by atoms with Crippen LogP contribution in [0.2, 0.25) is 0 Å². The molecule has 1 aromatic heterocycles. The number of phenols is 1. The molecule has 0 saturated heterocycles. The van der Waals surface area contributed by atoms with Crippen LogP contribution in [0.25, 0.3) is 16.8 Å². The Balaban J connectivity index is 1.29. The number of carbonyl (C=O) groups excluding carboxylic acids is 3. The molecule has 0 radical (unpaired) electrons. The number of halogens is 1. The van der Waals surface area contributed by atoms with E-state index in [1.165, 1.54) is 17.0 Å². The van der Waals surface area contributed by atoms with E-state index in [1.54, 1.807) is 42.4 Å². The van der Waals surface area contributed by atoms with Gasteiger partial charge in [0.05, 0.1) is 37.6 Å². The van der Waals surface area contributed by atoms with E-state index < -0.39 is 6.09 Å². The molecule has 4 aromatic rings. The fraction of sp³-hybridized carbons (Fsp3) is 0.368. The van der Waals surface area contributed by atoms with Crippen LogP contribution >= 0.6 is 11.6 Å². The highest BCUT2D eigenvalue weighted by molar-refractivity contribution is 6.19. The monoisotopic (exact) mass is 730 g/mol. The van der Waals surface area contributed by atoms with Crippen LogP contribution in [-0.2, 0) is 4.74 Å². The van der Waals surface area contributed by atoms with Gasteiger partial charge in [-0.3, -0.25) is 9.59 Å². The Morgan fingerprint density at radius 2 is 1.90 bits per heavy atom. The molecule has 52 heavy (non-hydrogen) atoms. The summed E-state index contributed by atoms with van der Waals surface area (Å²) in [6.07, 6.45) is 4.76. The van der Waals surface area contributed by atoms with Gasteiger partial charge < -0.3 is 44.7 Å². The molecule has 0 saturated carbocycles. The second kappa shape index (κ2) is 16.2. The zero-order chi connectivity index (χ0) is 36.9. The maximum atomic E-state index is 14.4. The van der Waals surface area contributed by atoms with E-state index in [-0.39, 0.29) is 73.5 Å². The molecule has 0 aliphatic carbocycles. The number of ether oxygens (including phenoxy) is 2. The van der Waals surface area contributed by atoms with Crippen molar-refractivity contribution in [3.8, 4) is 11.5 Å². The number of fused-ring (bicyclic) bond motifs is 4. The molecule has 274 valence electrons. The number of amides is 3. The fourth-order valence-corrected chi connectivity index (χ4v) is 7.02. The van der Waals surface area contributed by atoms with Crippen LogP contribution in [0.4, 0.5) is 10.5 Å². The minimum absolute atomic E-state index is 0.0740. The summed E-state index contributed by atoms with van der Waals surface area (Å²) in [4.78, 5) is 48.8. The smallest absolute Gasteiger partial charge is 0.415 e. The van der Waals surface area contributed by atoms with Crippen LogP contribution in [0.15, 0.2) is 60.8 Å². The molecule has 4 N–H and O–H groups in total. The topological polar surface area (TPSA) is 158 Å². The summed E-state index contributed by atoms with van der Waals surface area (Å²) in [5, 5.41) is 26.3. The molecular weight excluding hydrogens is 688 g/mol. The number of aryl methyl sites for hydroxylation is 1. The number of aliphatic hydroxyl groups is 1. The van der Waals surface area contributed by atoms with Gasteiger partial charge in [0, 0.05) is 61.2 Å². The molecule has 0 fully saturated rings. The second-order valence-electron chi connectivity index (χ2n) is 12.9. The lowest BCUT2D eigenvalue weighted by molar-refractivity contribution is 0.0731. The lowest BCUT2D eigenvalue weighted by Crippen LogP contribution is -2.40. The van der Waals surface area contributed by atoms with Crippen LogP contribution in [0.3, 0.4) is 0 Å². The summed E-state index contributed by atoms with van der Waals surface area (Å²) in [6, 6.07) is 12.9. The number of nitrogens with zero attached hydrogens (tertiary/aromatic N) is 4. The van der Waals surface area contributed by atoms with E-state index in [2.05, 4.69) is 15.6 Å². The normalized spacial score (nSPS) is 17.6. The molecule has 3 amide bonds. The molecule has 13 nitrogen and oxygen atoms in total. The SMILES string of the molecule is CNCCN(CCOCCO)C(=O)Oc1cc2c(c3c(C)cccc13)C(CCl)CN2C(=O)c1cn2c(n1)C=CC(NC(=O)c1ccc(O)cc1)C2C. The number of phenolic OH excluding ortho intramolecular Hbond substituents is 1. The summed E-state index contributed by atoms with van der Waals surface area (Å²) < 4.78 is 13.4. The number of rotatable bonds is 13.